The van der Waals surface area contributed by atoms with E-state index >= 15 is 0 Å². The molecule has 1 N–H and O–H groups in total. The van der Waals surface area contributed by atoms with Crippen LogP contribution >= 0.6 is 0 Å². The zero-order valence-corrected chi connectivity index (χ0v) is 8.22. The molecule has 0 spiro atoms. The lowest BCUT2D eigenvalue weighted by atomic mass is 10.3. The molecule has 1 aromatic carbocycles. The van der Waals surface area contributed by atoms with Gasteiger partial charge in [0, 0.05) is 13.1 Å². The van der Waals surface area contributed by atoms with Gasteiger partial charge in [0.15, 0.2) is 9.84 Å². The summed E-state index contributed by atoms with van der Waals surface area (Å²) >= 11 is 0. The normalized spacial score (nSPS) is 17.8. The standard InChI is InChI=1S/C9H10FNO2S/c10-7-1-3-8(4-2-7)14(12,13)9-5-11-6-9/h1-4,9,11H,5-6H2. The van der Waals surface area contributed by atoms with Gasteiger partial charge in [0.05, 0.1) is 10.1 Å². The Balaban J connectivity index is 2.34. The summed E-state index contributed by atoms with van der Waals surface area (Å²) in [6.07, 6.45) is 0. The summed E-state index contributed by atoms with van der Waals surface area (Å²) in [6.45, 7) is 0.972. The number of halogens is 1. The molecule has 0 unspecified atom stereocenters. The number of rotatable bonds is 2. The van der Waals surface area contributed by atoms with Gasteiger partial charge < -0.3 is 5.32 Å². The Kier molecular flexibility index (Phi) is 2.28. The fraction of sp³-hybridized carbons (Fsp3) is 0.333. The highest BCUT2D eigenvalue weighted by molar-refractivity contribution is 7.92. The van der Waals surface area contributed by atoms with Crippen molar-refractivity contribution in [3.05, 3.63) is 30.1 Å². The van der Waals surface area contributed by atoms with Crippen molar-refractivity contribution in [1.29, 1.82) is 0 Å². The van der Waals surface area contributed by atoms with E-state index in [1.807, 2.05) is 0 Å². The number of hydrogen-bond acceptors (Lipinski definition) is 3. The predicted molar refractivity (Wildman–Crippen MR) is 50.2 cm³/mol. The molecule has 1 fully saturated rings. The predicted octanol–water partition coefficient (Wildman–Crippen LogP) is 0.571. The molecule has 0 radical (unpaired) electrons. The lowest BCUT2D eigenvalue weighted by Crippen LogP contribution is -2.51. The third-order valence-electron chi connectivity index (χ3n) is 2.33. The largest absolute Gasteiger partial charge is 0.314 e. The van der Waals surface area contributed by atoms with Crippen molar-refractivity contribution >= 4 is 9.84 Å². The van der Waals surface area contributed by atoms with Crippen LogP contribution in [0.3, 0.4) is 0 Å². The van der Waals surface area contributed by atoms with Crippen LogP contribution in [-0.2, 0) is 9.84 Å². The van der Waals surface area contributed by atoms with Crippen LogP contribution in [0.25, 0.3) is 0 Å². The highest BCUT2D eigenvalue weighted by Crippen LogP contribution is 2.18. The fourth-order valence-electron chi connectivity index (χ4n) is 1.30. The summed E-state index contributed by atoms with van der Waals surface area (Å²) < 4.78 is 36.1. The summed E-state index contributed by atoms with van der Waals surface area (Å²) in [5.41, 5.74) is 0. The maximum Gasteiger partial charge on any atom is 0.183 e. The molecule has 1 saturated heterocycles. The third-order valence-corrected chi connectivity index (χ3v) is 4.47. The molecule has 0 saturated carbocycles. The smallest absolute Gasteiger partial charge is 0.183 e. The minimum absolute atomic E-state index is 0.199. The first kappa shape index (κ1) is 9.61. The van der Waals surface area contributed by atoms with E-state index in [1.165, 1.54) is 24.3 Å². The second kappa shape index (κ2) is 3.33. The van der Waals surface area contributed by atoms with Crippen LogP contribution in [0.4, 0.5) is 4.39 Å². The van der Waals surface area contributed by atoms with Crippen LogP contribution in [0.1, 0.15) is 0 Å². The molecule has 3 nitrogen and oxygen atoms in total. The molecule has 0 atom stereocenters. The topological polar surface area (TPSA) is 46.2 Å². The van der Waals surface area contributed by atoms with Gasteiger partial charge in [0.25, 0.3) is 0 Å². The molecule has 1 aromatic rings. The van der Waals surface area contributed by atoms with E-state index in [2.05, 4.69) is 5.32 Å². The SMILES string of the molecule is O=S(=O)(c1ccc(F)cc1)C1CNC1. The van der Waals surface area contributed by atoms with Crippen molar-refractivity contribution in [2.75, 3.05) is 13.1 Å². The van der Waals surface area contributed by atoms with Crippen LogP contribution < -0.4 is 5.32 Å². The maximum atomic E-state index is 12.6. The van der Waals surface area contributed by atoms with E-state index in [4.69, 9.17) is 0 Å². The third kappa shape index (κ3) is 1.53. The molecule has 1 aliphatic rings. The zero-order valence-electron chi connectivity index (χ0n) is 7.40. The minimum Gasteiger partial charge on any atom is -0.314 e. The molecule has 2 rings (SSSR count). The molecule has 0 aromatic heterocycles. The Bertz CT molecular complexity index is 423. The van der Waals surface area contributed by atoms with Crippen molar-refractivity contribution in [2.24, 2.45) is 0 Å². The van der Waals surface area contributed by atoms with Gasteiger partial charge in [-0.1, -0.05) is 0 Å². The van der Waals surface area contributed by atoms with Gasteiger partial charge in [-0.3, -0.25) is 0 Å². The monoisotopic (exact) mass is 215 g/mol. The lowest BCUT2D eigenvalue weighted by molar-refractivity contribution is 0.495. The molecular formula is C9H10FNO2S. The van der Waals surface area contributed by atoms with E-state index in [0.717, 1.165) is 0 Å². The molecule has 76 valence electrons. The molecule has 1 aliphatic heterocycles. The Morgan fingerprint density at radius 2 is 1.79 bits per heavy atom. The van der Waals surface area contributed by atoms with Crippen LogP contribution in [-0.4, -0.2) is 26.8 Å². The van der Waals surface area contributed by atoms with Crippen molar-refractivity contribution in [2.45, 2.75) is 10.1 Å². The van der Waals surface area contributed by atoms with E-state index < -0.39 is 15.7 Å². The summed E-state index contributed by atoms with van der Waals surface area (Å²) in [6, 6.07) is 4.95. The summed E-state index contributed by atoms with van der Waals surface area (Å²) in [4.78, 5) is 0.199. The second-order valence-electron chi connectivity index (χ2n) is 3.28. The van der Waals surface area contributed by atoms with Gasteiger partial charge in [-0.2, -0.15) is 0 Å². The summed E-state index contributed by atoms with van der Waals surface area (Å²) in [5, 5.41) is 2.54. The molecular weight excluding hydrogens is 205 g/mol. The number of nitrogens with one attached hydrogen (secondary N) is 1. The molecule has 1 heterocycles. The summed E-state index contributed by atoms with van der Waals surface area (Å²) in [7, 11) is -3.25. The number of sulfone groups is 1. The second-order valence-corrected chi connectivity index (χ2v) is 5.51. The molecule has 5 heteroatoms. The maximum absolute atomic E-state index is 12.6. The Hall–Kier alpha value is -0.940. The van der Waals surface area contributed by atoms with Crippen molar-refractivity contribution in [1.82, 2.24) is 5.32 Å². The van der Waals surface area contributed by atoms with Crippen LogP contribution in [0.5, 0.6) is 0 Å². The first-order valence-electron chi connectivity index (χ1n) is 4.31. The molecule has 14 heavy (non-hydrogen) atoms. The Morgan fingerprint density at radius 3 is 2.21 bits per heavy atom. The average Bonchev–Trinajstić information content (AvgIpc) is 2.00. The van der Waals surface area contributed by atoms with Crippen LogP contribution in [0.15, 0.2) is 29.2 Å². The Labute approximate surface area is 81.9 Å². The summed E-state index contributed by atoms with van der Waals surface area (Å²) in [5.74, 6) is -0.421. The zero-order chi connectivity index (χ0) is 10.2. The molecule has 0 aliphatic carbocycles. The van der Waals surface area contributed by atoms with Gasteiger partial charge in [-0.25, -0.2) is 12.8 Å². The van der Waals surface area contributed by atoms with E-state index in [0.29, 0.717) is 13.1 Å². The number of benzene rings is 1. The van der Waals surface area contributed by atoms with E-state index in [9.17, 15) is 12.8 Å². The highest BCUT2D eigenvalue weighted by atomic mass is 32.2. The van der Waals surface area contributed by atoms with Crippen molar-refractivity contribution in [3.8, 4) is 0 Å². The van der Waals surface area contributed by atoms with Crippen molar-refractivity contribution < 1.29 is 12.8 Å². The van der Waals surface area contributed by atoms with E-state index in [-0.39, 0.29) is 10.1 Å². The van der Waals surface area contributed by atoms with E-state index in [1.54, 1.807) is 0 Å². The van der Waals surface area contributed by atoms with Crippen LogP contribution in [0, 0.1) is 5.82 Å². The van der Waals surface area contributed by atoms with Gasteiger partial charge in [0.2, 0.25) is 0 Å². The first-order valence-corrected chi connectivity index (χ1v) is 5.85. The fourth-order valence-corrected chi connectivity index (χ4v) is 2.87. The Morgan fingerprint density at radius 1 is 1.21 bits per heavy atom. The van der Waals surface area contributed by atoms with Gasteiger partial charge >= 0.3 is 0 Å². The van der Waals surface area contributed by atoms with Gasteiger partial charge in [-0.05, 0) is 24.3 Å². The number of hydrogen-bond donors (Lipinski definition) is 1. The molecule has 0 amide bonds. The lowest BCUT2D eigenvalue weighted by Gasteiger charge is -2.26. The molecule has 0 bridgehead atoms. The highest BCUT2D eigenvalue weighted by Gasteiger charge is 2.32. The average molecular weight is 215 g/mol. The van der Waals surface area contributed by atoms with Crippen LogP contribution in [0.2, 0.25) is 0 Å². The van der Waals surface area contributed by atoms with Crippen molar-refractivity contribution in [3.63, 3.8) is 0 Å². The van der Waals surface area contributed by atoms with Gasteiger partial charge in [0.1, 0.15) is 5.82 Å². The quantitative estimate of drug-likeness (QED) is 0.734. The first-order chi connectivity index (χ1) is 6.60. The minimum atomic E-state index is -3.25. The van der Waals surface area contributed by atoms with Gasteiger partial charge in [-0.15, -0.1) is 0 Å².